The Morgan fingerprint density at radius 3 is 2.24 bits per heavy atom. The number of rotatable bonds is 5. The lowest BCUT2D eigenvalue weighted by atomic mass is 10.2. The maximum absolute atomic E-state index is 12.5. The Balaban J connectivity index is 2.36. The number of benzene rings is 2. The number of halogens is 3. The Bertz CT molecular complexity index is 903. The van der Waals surface area contributed by atoms with Gasteiger partial charge in [0.05, 0.1) is 32.7 Å². The van der Waals surface area contributed by atoms with Gasteiger partial charge >= 0.3 is 0 Å². The average Bonchev–Trinajstić information content (AvgIpc) is 2.51. The minimum Gasteiger partial charge on any atom is -0.323 e. The molecule has 0 heterocycles. The van der Waals surface area contributed by atoms with Crippen molar-refractivity contribution in [2.45, 2.75) is 13.0 Å². The second-order valence-electron chi connectivity index (χ2n) is 5.30. The van der Waals surface area contributed by atoms with Crippen LogP contribution >= 0.6 is 34.8 Å². The summed E-state index contributed by atoms with van der Waals surface area (Å²) in [6.45, 7) is 1.47. The number of carbonyl (C=O) groups is 1. The molecule has 0 spiro atoms. The van der Waals surface area contributed by atoms with Crippen molar-refractivity contribution < 1.29 is 13.2 Å². The minimum atomic E-state index is -3.76. The van der Waals surface area contributed by atoms with Crippen molar-refractivity contribution in [3.63, 3.8) is 0 Å². The first kappa shape index (κ1) is 19.8. The van der Waals surface area contributed by atoms with E-state index in [0.29, 0.717) is 10.7 Å². The van der Waals surface area contributed by atoms with E-state index in [-0.39, 0.29) is 15.7 Å². The molecule has 0 saturated heterocycles. The maximum Gasteiger partial charge on any atom is 0.248 e. The standard InChI is InChI=1S/C16H15Cl3N2O3S/c1-10(16(22)20-15-6-4-3-5-13(15)18)21(25(2,23)24)11-7-8-12(17)14(19)9-11/h3-10H,1-2H3,(H,20,22). The van der Waals surface area contributed by atoms with Crippen molar-refractivity contribution in [2.75, 3.05) is 15.9 Å². The number of nitrogens with zero attached hydrogens (tertiary/aromatic N) is 1. The summed E-state index contributed by atoms with van der Waals surface area (Å²) < 4.78 is 25.4. The third-order valence-corrected chi connectivity index (χ3v) is 5.69. The fraction of sp³-hybridized carbons (Fsp3) is 0.188. The highest BCUT2D eigenvalue weighted by molar-refractivity contribution is 7.92. The number of hydrogen-bond acceptors (Lipinski definition) is 3. The van der Waals surface area contributed by atoms with Crippen molar-refractivity contribution in [1.82, 2.24) is 0 Å². The molecule has 0 radical (unpaired) electrons. The highest BCUT2D eigenvalue weighted by atomic mass is 35.5. The van der Waals surface area contributed by atoms with Gasteiger partial charge in [-0.1, -0.05) is 46.9 Å². The summed E-state index contributed by atoms with van der Waals surface area (Å²) in [6, 6.07) is 9.98. The monoisotopic (exact) mass is 420 g/mol. The van der Waals surface area contributed by atoms with Gasteiger partial charge in [0.15, 0.2) is 0 Å². The number of carbonyl (C=O) groups excluding carboxylic acids is 1. The minimum absolute atomic E-state index is 0.187. The van der Waals surface area contributed by atoms with E-state index in [2.05, 4.69) is 5.32 Å². The quantitative estimate of drug-likeness (QED) is 0.776. The van der Waals surface area contributed by atoms with E-state index in [1.807, 2.05) is 0 Å². The number of nitrogens with one attached hydrogen (secondary N) is 1. The molecule has 1 unspecified atom stereocenters. The summed E-state index contributed by atoms with van der Waals surface area (Å²) in [5, 5.41) is 3.44. The summed E-state index contributed by atoms with van der Waals surface area (Å²) in [5.74, 6) is -0.537. The second kappa shape index (κ2) is 7.83. The van der Waals surface area contributed by atoms with E-state index in [1.165, 1.54) is 25.1 Å². The van der Waals surface area contributed by atoms with Crippen LogP contribution in [0.4, 0.5) is 11.4 Å². The summed E-state index contributed by atoms with van der Waals surface area (Å²) >= 11 is 17.9. The van der Waals surface area contributed by atoms with Gasteiger partial charge in [-0.15, -0.1) is 0 Å². The molecule has 25 heavy (non-hydrogen) atoms. The molecule has 2 aromatic rings. The smallest absolute Gasteiger partial charge is 0.248 e. The molecule has 134 valence electrons. The van der Waals surface area contributed by atoms with Gasteiger partial charge in [-0.05, 0) is 37.3 Å². The summed E-state index contributed by atoms with van der Waals surface area (Å²) in [7, 11) is -3.76. The van der Waals surface area contributed by atoms with Gasteiger partial charge in [-0.25, -0.2) is 8.42 Å². The lowest BCUT2D eigenvalue weighted by Gasteiger charge is -2.28. The van der Waals surface area contributed by atoms with E-state index < -0.39 is 22.0 Å². The van der Waals surface area contributed by atoms with E-state index in [1.54, 1.807) is 24.3 Å². The highest BCUT2D eigenvalue weighted by Gasteiger charge is 2.29. The van der Waals surface area contributed by atoms with Crippen LogP contribution in [0.1, 0.15) is 6.92 Å². The molecule has 0 fully saturated rings. The van der Waals surface area contributed by atoms with Crippen LogP contribution in [-0.4, -0.2) is 26.6 Å². The first-order valence-electron chi connectivity index (χ1n) is 7.11. The largest absolute Gasteiger partial charge is 0.323 e. The molecular formula is C16H15Cl3N2O3S. The van der Waals surface area contributed by atoms with Crippen LogP contribution in [0.3, 0.4) is 0 Å². The van der Waals surface area contributed by atoms with Crippen LogP contribution in [0.2, 0.25) is 15.1 Å². The third kappa shape index (κ3) is 4.79. The predicted octanol–water partition coefficient (Wildman–Crippen LogP) is 4.44. The van der Waals surface area contributed by atoms with E-state index in [0.717, 1.165) is 10.6 Å². The average molecular weight is 422 g/mol. The summed E-state index contributed by atoms with van der Waals surface area (Å²) in [6.07, 6.45) is 1.01. The zero-order valence-corrected chi connectivity index (χ0v) is 16.4. The van der Waals surface area contributed by atoms with Gasteiger partial charge in [0.1, 0.15) is 6.04 Å². The highest BCUT2D eigenvalue weighted by Crippen LogP contribution is 2.30. The Morgan fingerprint density at radius 2 is 1.68 bits per heavy atom. The summed E-state index contributed by atoms with van der Waals surface area (Å²) in [5.41, 5.74) is 0.627. The van der Waals surface area contributed by atoms with Crippen LogP contribution < -0.4 is 9.62 Å². The number of amides is 1. The molecular weight excluding hydrogens is 407 g/mol. The van der Waals surface area contributed by atoms with Gasteiger partial charge < -0.3 is 5.32 Å². The fourth-order valence-electron chi connectivity index (χ4n) is 2.23. The van der Waals surface area contributed by atoms with Crippen molar-refractivity contribution in [2.24, 2.45) is 0 Å². The molecule has 0 aromatic heterocycles. The number of anilines is 2. The van der Waals surface area contributed by atoms with Crippen molar-refractivity contribution in [1.29, 1.82) is 0 Å². The molecule has 0 aliphatic carbocycles. The van der Waals surface area contributed by atoms with Gasteiger partial charge in [-0.3, -0.25) is 9.10 Å². The first-order chi connectivity index (χ1) is 11.6. The third-order valence-electron chi connectivity index (χ3n) is 3.38. The van der Waals surface area contributed by atoms with Crippen LogP contribution in [0, 0.1) is 0 Å². The fourth-order valence-corrected chi connectivity index (χ4v) is 3.87. The molecule has 0 aliphatic rings. The van der Waals surface area contributed by atoms with Gasteiger partial charge in [0.2, 0.25) is 15.9 Å². The maximum atomic E-state index is 12.5. The molecule has 0 aliphatic heterocycles. The molecule has 9 heteroatoms. The number of hydrogen-bond donors (Lipinski definition) is 1. The molecule has 2 rings (SSSR count). The van der Waals surface area contributed by atoms with Crippen molar-refractivity contribution in [3.8, 4) is 0 Å². The molecule has 0 bridgehead atoms. The van der Waals surface area contributed by atoms with Gasteiger partial charge in [0.25, 0.3) is 0 Å². The van der Waals surface area contributed by atoms with Crippen LogP contribution in [0.15, 0.2) is 42.5 Å². The van der Waals surface area contributed by atoms with Gasteiger partial charge in [0, 0.05) is 0 Å². The Hall–Kier alpha value is -1.47. The molecule has 1 atom stereocenters. The normalized spacial score (nSPS) is 12.5. The Morgan fingerprint density at radius 1 is 1.04 bits per heavy atom. The van der Waals surface area contributed by atoms with Crippen molar-refractivity contribution >= 4 is 62.1 Å². The first-order valence-corrected chi connectivity index (χ1v) is 10.1. The number of para-hydroxylation sites is 1. The lowest BCUT2D eigenvalue weighted by molar-refractivity contribution is -0.116. The van der Waals surface area contributed by atoms with Crippen LogP contribution in [0.5, 0.6) is 0 Å². The second-order valence-corrected chi connectivity index (χ2v) is 8.38. The molecule has 1 amide bonds. The zero-order valence-electron chi connectivity index (χ0n) is 13.3. The number of sulfonamides is 1. The van der Waals surface area contributed by atoms with Crippen LogP contribution in [0.25, 0.3) is 0 Å². The van der Waals surface area contributed by atoms with Gasteiger partial charge in [-0.2, -0.15) is 0 Å². The SMILES string of the molecule is CC(C(=O)Nc1ccccc1Cl)N(c1ccc(Cl)c(Cl)c1)S(C)(=O)=O. The van der Waals surface area contributed by atoms with E-state index in [4.69, 9.17) is 34.8 Å². The van der Waals surface area contributed by atoms with E-state index >= 15 is 0 Å². The van der Waals surface area contributed by atoms with Crippen molar-refractivity contribution in [3.05, 3.63) is 57.5 Å². The molecule has 0 saturated carbocycles. The topological polar surface area (TPSA) is 66.5 Å². The molecule has 5 nitrogen and oxygen atoms in total. The predicted molar refractivity (Wildman–Crippen MR) is 103 cm³/mol. The zero-order chi connectivity index (χ0) is 18.8. The van der Waals surface area contributed by atoms with E-state index in [9.17, 15) is 13.2 Å². The lowest BCUT2D eigenvalue weighted by Crippen LogP contribution is -2.45. The summed E-state index contributed by atoms with van der Waals surface area (Å²) in [4.78, 5) is 12.5. The Labute approximate surface area is 161 Å². The van der Waals surface area contributed by atoms with Crippen LogP contribution in [-0.2, 0) is 14.8 Å². The molecule has 1 N–H and O–H groups in total. The Kier molecular flexibility index (Phi) is 6.21. The molecule has 2 aromatic carbocycles.